The molecule has 0 aromatic heterocycles. The lowest BCUT2D eigenvalue weighted by atomic mass is 9.97. The summed E-state index contributed by atoms with van der Waals surface area (Å²) < 4.78 is 0. The van der Waals surface area contributed by atoms with Gasteiger partial charge in [0, 0.05) is 29.1 Å². The number of hydrogen-bond donors (Lipinski definition) is 1. The molecule has 1 aliphatic rings. The van der Waals surface area contributed by atoms with E-state index in [4.69, 9.17) is 28.3 Å². The number of nitrogens with zero attached hydrogens (tertiary/aromatic N) is 1. The Morgan fingerprint density at radius 2 is 1.95 bits per heavy atom. The predicted octanol–water partition coefficient (Wildman–Crippen LogP) is 4.21. The van der Waals surface area contributed by atoms with Crippen molar-refractivity contribution in [2.24, 2.45) is 0 Å². The first kappa shape index (κ1) is 15.6. The zero-order chi connectivity index (χ0) is 14.5. The molecule has 5 heteroatoms. The molecular formula is C15H19Cl2NO2. The van der Waals surface area contributed by atoms with Crippen molar-refractivity contribution in [1.82, 2.24) is 4.90 Å². The highest BCUT2D eigenvalue weighted by Gasteiger charge is 2.23. The van der Waals surface area contributed by atoms with Gasteiger partial charge in [0.2, 0.25) is 0 Å². The zero-order valence-electron chi connectivity index (χ0n) is 11.3. The van der Waals surface area contributed by atoms with Crippen LogP contribution < -0.4 is 0 Å². The van der Waals surface area contributed by atoms with Gasteiger partial charge in [-0.1, -0.05) is 29.6 Å². The molecule has 1 heterocycles. The quantitative estimate of drug-likeness (QED) is 0.884. The van der Waals surface area contributed by atoms with Gasteiger partial charge in [0.1, 0.15) is 0 Å². The molecule has 1 fully saturated rings. The van der Waals surface area contributed by atoms with Crippen molar-refractivity contribution in [3.63, 3.8) is 0 Å². The van der Waals surface area contributed by atoms with E-state index in [0.717, 1.165) is 31.5 Å². The van der Waals surface area contributed by atoms with Crippen molar-refractivity contribution in [2.45, 2.75) is 44.7 Å². The van der Waals surface area contributed by atoms with E-state index in [1.165, 1.54) is 6.42 Å². The lowest BCUT2D eigenvalue weighted by Gasteiger charge is -2.35. The average molecular weight is 316 g/mol. The highest BCUT2D eigenvalue weighted by Crippen LogP contribution is 2.25. The Kier molecular flexibility index (Phi) is 5.70. The maximum Gasteiger partial charge on any atom is 0.303 e. The SMILES string of the molecule is O=C(O)CCC1CCCCN1Cc1cc(Cl)cc(Cl)c1. The van der Waals surface area contributed by atoms with Crippen LogP contribution in [-0.4, -0.2) is 28.6 Å². The second-order valence-corrected chi connectivity index (χ2v) is 6.20. The van der Waals surface area contributed by atoms with E-state index in [1.807, 2.05) is 12.1 Å². The fourth-order valence-electron chi connectivity index (χ4n) is 2.82. The molecule has 20 heavy (non-hydrogen) atoms. The van der Waals surface area contributed by atoms with Crippen molar-refractivity contribution >= 4 is 29.2 Å². The molecule has 0 bridgehead atoms. The molecule has 0 spiro atoms. The Labute approximate surface area is 129 Å². The van der Waals surface area contributed by atoms with E-state index < -0.39 is 5.97 Å². The highest BCUT2D eigenvalue weighted by molar-refractivity contribution is 6.34. The van der Waals surface area contributed by atoms with Gasteiger partial charge < -0.3 is 5.11 Å². The second-order valence-electron chi connectivity index (χ2n) is 5.33. The van der Waals surface area contributed by atoms with E-state index in [2.05, 4.69) is 4.90 Å². The second kappa shape index (κ2) is 7.30. The van der Waals surface area contributed by atoms with Crippen molar-refractivity contribution in [3.05, 3.63) is 33.8 Å². The van der Waals surface area contributed by atoms with Gasteiger partial charge in [-0.2, -0.15) is 0 Å². The fourth-order valence-corrected chi connectivity index (χ4v) is 3.39. The van der Waals surface area contributed by atoms with Crippen LogP contribution in [0, 0.1) is 0 Å². The molecular weight excluding hydrogens is 297 g/mol. The lowest BCUT2D eigenvalue weighted by Crippen LogP contribution is -2.39. The number of carboxylic acids is 1. The maximum absolute atomic E-state index is 10.7. The number of hydrogen-bond acceptors (Lipinski definition) is 2. The van der Waals surface area contributed by atoms with Crippen molar-refractivity contribution in [3.8, 4) is 0 Å². The number of halogens is 2. The van der Waals surface area contributed by atoms with Gasteiger partial charge in [-0.25, -0.2) is 0 Å². The standard InChI is InChI=1S/C15H19Cl2NO2/c16-12-7-11(8-13(17)9-12)10-18-6-2-1-3-14(18)4-5-15(19)20/h7-9,14H,1-6,10H2,(H,19,20). The first-order chi connectivity index (χ1) is 9.54. The number of piperidine rings is 1. The van der Waals surface area contributed by atoms with E-state index >= 15 is 0 Å². The Morgan fingerprint density at radius 1 is 1.25 bits per heavy atom. The average Bonchev–Trinajstić information content (AvgIpc) is 2.36. The molecule has 1 unspecified atom stereocenters. The molecule has 1 saturated heterocycles. The van der Waals surface area contributed by atoms with Crippen LogP contribution >= 0.6 is 23.2 Å². The summed E-state index contributed by atoms with van der Waals surface area (Å²) >= 11 is 12.1. The number of aliphatic carboxylic acids is 1. The smallest absolute Gasteiger partial charge is 0.303 e. The first-order valence-electron chi connectivity index (χ1n) is 6.95. The Balaban J connectivity index is 2.02. The number of rotatable bonds is 5. The minimum absolute atomic E-state index is 0.234. The molecule has 3 nitrogen and oxygen atoms in total. The molecule has 0 amide bonds. The Bertz CT molecular complexity index is 459. The summed E-state index contributed by atoms with van der Waals surface area (Å²) in [6.45, 7) is 1.79. The van der Waals surface area contributed by atoms with E-state index in [9.17, 15) is 4.79 Å². The molecule has 1 aromatic carbocycles. The third-order valence-corrected chi connectivity index (χ3v) is 4.18. The molecule has 110 valence electrons. The minimum Gasteiger partial charge on any atom is -0.481 e. The van der Waals surface area contributed by atoms with Gasteiger partial charge in [-0.15, -0.1) is 0 Å². The van der Waals surface area contributed by atoms with E-state index in [0.29, 0.717) is 22.5 Å². The van der Waals surface area contributed by atoms with Crippen molar-refractivity contribution < 1.29 is 9.90 Å². The lowest BCUT2D eigenvalue weighted by molar-refractivity contribution is -0.137. The topological polar surface area (TPSA) is 40.5 Å². The van der Waals surface area contributed by atoms with Crippen LogP contribution in [0.25, 0.3) is 0 Å². The monoisotopic (exact) mass is 315 g/mol. The van der Waals surface area contributed by atoms with Crippen LogP contribution in [0.5, 0.6) is 0 Å². The van der Waals surface area contributed by atoms with Gasteiger partial charge in [-0.3, -0.25) is 9.69 Å². The molecule has 1 N–H and O–H groups in total. The summed E-state index contributed by atoms with van der Waals surface area (Å²) in [5.41, 5.74) is 1.09. The molecule has 0 radical (unpaired) electrons. The number of likely N-dealkylation sites (tertiary alicyclic amines) is 1. The normalized spacial score (nSPS) is 20.0. The summed E-state index contributed by atoms with van der Waals surface area (Å²) in [7, 11) is 0. The van der Waals surface area contributed by atoms with E-state index in [-0.39, 0.29) is 6.42 Å². The molecule has 1 aliphatic heterocycles. The number of carbonyl (C=O) groups is 1. The molecule has 0 saturated carbocycles. The van der Waals surface area contributed by atoms with Crippen LogP contribution in [0.2, 0.25) is 10.0 Å². The summed E-state index contributed by atoms with van der Waals surface area (Å²) in [6.07, 6.45) is 4.36. The molecule has 0 aliphatic carbocycles. The van der Waals surface area contributed by atoms with Gasteiger partial charge in [0.15, 0.2) is 0 Å². The molecule has 1 aromatic rings. The van der Waals surface area contributed by atoms with Gasteiger partial charge in [0.25, 0.3) is 0 Å². The van der Waals surface area contributed by atoms with Crippen LogP contribution in [0.4, 0.5) is 0 Å². The summed E-state index contributed by atoms with van der Waals surface area (Å²) in [6, 6.07) is 5.93. The minimum atomic E-state index is -0.721. The van der Waals surface area contributed by atoms with Crippen LogP contribution in [-0.2, 0) is 11.3 Å². The molecule has 1 atom stereocenters. The van der Waals surface area contributed by atoms with Crippen LogP contribution in [0.1, 0.15) is 37.7 Å². The summed E-state index contributed by atoms with van der Waals surface area (Å²) in [5.74, 6) is -0.721. The van der Waals surface area contributed by atoms with Crippen LogP contribution in [0.15, 0.2) is 18.2 Å². The summed E-state index contributed by atoms with van der Waals surface area (Å²) in [4.78, 5) is 13.1. The third-order valence-electron chi connectivity index (χ3n) is 3.75. The van der Waals surface area contributed by atoms with Gasteiger partial charge in [0.05, 0.1) is 0 Å². The van der Waals surface area contributed by atoms with Crippen LogP contribution in [0.3, 0.4) is 0 Å². The maximum atomic E-state index is 10.7. The third kappa shape index (κ3) is 4.65. The fraction of sp³-hybridized carbons (Fsp3) is 0.533. The Morgan fingerprint density at radius 3 is 2.60 bits per heavy atom. The zero-order valence-corrected chi connectivity index (χ0v) is 12.8. The predicted molar refractivity (Wildman–Crippen MR) is 81.4 cm³/mol. The number of benzene rings is 1. The summed E-state index contributed by atoms with van der Waals surface area (Å²) in [5, 5.41) is 10.1. The highest BCUT2D eigenvalue weighted by atomic mass is 35.5. The number of carboxylic acid groups (broad SMARTS) is 1. The first-order valence-corrected chi connectivity index (χ1v) is 7.71. The van der Waals surface area contributed by atoms with Gasteiger partial charge in [-0.05, 0) is 49.6 Å². The van der Waals surface area contributed by atoms with Crippen molar-refractivity contribution in [2.75, 3.05) is 6.54 Å². The Hall–Kier alpha value is -0.770. The molecule has 2 rings (SSSR count). The van der Waals surface area contributed by atoms with E-state index in [1.54, 1.807) is 6.07 Å². The van der Waals surface area contributed by atoms with Crippen molar-refractivity contribution in [1.29, 1.82) is 0 Å². The van der Waals surface area contributed by atoms with Gasteiger partial charge >= 0.3 is 5.97 Å². The largest absolute Gasteiger partial charge is 0.481 e.